The third-order valence-corrected chi connectivity index (χ3v) is 2.99. The predicted octanol–water partition coefficient (Wildman–Crippen LogP) is 2.95. The van der Waals surface area contributed by atoms with Gasteiger partial charge in [-0.2, -0.15) is 0 Å². The molecule has 1 rings (SSSR count). The van der Waals surface area contributed by atoms with Gasteiger partial charge in [0.2, 0.25) is 0 Å². The fourth-order valence-electron chi connectivity index (χ4n) is 1.94. The standard InChI is InChI=1S/C14H22ClFN2/c1-4-7-17-13(10-18(2)3)8-11-5-6-12(15)9-14(11)16/h5-6,9,13,17H,4,7-8,10H2,1-3H3. The molecule has 0 saturated heterocycles. The number of rotatable bonds is 7. The minimum absolute atomic E-state index is 0.218. The van der Waals surface area contributed by atoms with Gasteiger partial charge in [-0.25, -0.2) is 4.39 Å². The summed E-state index contributed by atoms with van der Waals surface area (Å²) in [6, 6.07) is 5.15. The highest BCUT2D eigenvalue weighted by atomic mass is 35.5. The van der Waals surface area contributed by atoms with E-state index in [2.05, 4.69) is 17.1 Å². The number of hydrogen-bond donors (Lipinski definition) is 1. The van der Waals surface area contributed by atoms with Crippen LogP contribution in [0.1, 0.15) is 18.9 Å². The lowest BCUT2D eigenvalue weighted by molar-refractivity contribution is 0.334. The van der Waals surface area contributed by atoms with Gasteiger partial charge in [-0.3, -0.25) is 0 Å². The van der Waals surface area contributed by atoms with E-state index in [1.165, 1.54) is 6.07 Å². The molecule has 1 aromatic carbocycles. The molecule has 0 saturated carbocycles. The number of halogens is 2. The van der Waals surface area contributed by atoms with Gasteiger partial charge in [0, 0.05) is 17.6 Å². The SMILES string of the molecule is CCCNC(Cc1ccc(Cl)cc1F)CN(C)C. The minimum Gasteiger partial charge on any atom is -0.312 e. The van der Waals surface area contributed by atoms with Crippen molar-refractivity contribution in [1.82, 2.24) is 10.2 Å². The Balaban J connectivity index is 2.68. The minimum atomic E-state index is -0.218. The van der Waals surface area contributed by atoms with Gasteiger partial charge < -0.3 is 10.2 Å². The molecule has 18 heavy (non-hydrogen) atoms. The molecule has 0 aliphatic carbocycles. The Kier molecular flexibility index (Phi) is 6.61. The zero-order valence-corrected chi connectivity index (χ0v) is 12.1. The Morgan fingerprint density at radius 2 is 2.11 bits per heavy atom. The highest BCUT2D eigenvalue weighted by Gasteiger charge is 2.12. The average molecular weight is 273 g/mol. The molecule has 0 radical (unpaired) electrons. The quantitative estimate of drug-likeness (QED) is 0.821. The van der Waals surface area contributed by atoms with Crippen LogP contribution in [-0.4, -0.2) is 38.1 Å². The van der Waals surface area contributed by atoms with Gasteiger partial charge in [-0.1, -0.05) is 24.6 Å². The van der Waals surface area contributed by atoms with Crippen LogP contribution in [0.4, 0.5) is 4.39 Å². The van der Waals surface area contributed by atoms with Crippen LogP contribution in [0.2, 0.25) is 5.02 Å². The highest BCUT2D eigenvalue weighted by Crippen LogP contribution is 2.16. The molecule has 1 aromatic rings. The first-order valence-corrected chi connectivity index (χ1v) is 6.72. The second-order valence-corrected chi connectivity index (χ2v) is 5.29. The Hall–Kier alpha value is -0.640. The van der Waals surface area contributed by atoms with Gasteiger partial charge in [0.15, 0.2) is 0 Å². The van der Waals surface area contributed by atoms with Gasteiger partial charge in [0.05, 0.1) is 0 Å². The summed E-state index contributed by atoms with van der Waals surface area (Å²) in [4.78, 5) is 2.11. The smallest absolute Gasteiger partial charge is 0.127 e. The monoisotopic (exact) mass is 272 g/mol. The van der Waals surface area contributed by atoms with Gasteiger partial charge in [0.1, 0.15) is 5.82 Å². The van der Waals surface area contributed by atoms with Crippen LogP contribution >= 0.6 is 11.6 Å². The summed E-state index contributed by atoms with van der Waals surface area (Å²) in [5.41, 5.74) is 0.717. The summed E-state index contributed by atoms with van der Waals surface area (Å²) in [5, 5.41) is 3.90. The van der Waals surface area contributed by atoms with Crippen molar-refractivity contribution in [2.45, 2.75) is 25.8 Å². The lowest BCUT2D eigenvalue weighted by Gasteiger charge is -2.22. The summed E-state index contributed by atoms with van der Waals surface area (Å²) < 4.78 is 13.7. The zero-order chi connectivity index (χ0) is 13.5. The summed E-state index contributed by atoms with van der Waals surface area (Å²) in [5.74, 6) is -0.218. The molecule has 102 valence electrons. The molecule has 0 amide bonds. The summed E-state index contributed by atoms with van der Waals surface area (Å²) >= 11 is 5.76. The first-order chi connectivity index (χ1) is 8.52. The second kappa shape index (κ2) is 7.72. The van der Waals surface area contributed by atoms with Crippen LogP contribution in [0.15, 0.2) is 18.2 Å². The van der Waals surface area contributed by atoms with Crippen molar-refractivity contribution in [2.24, 2.45) is 0 Å². The Morgan fingerprint density at radius 1 is 1.39 bits per heavy atom. The largest absolute Gasteiger partial charge is 0.312 e. The van der Waals surface area contributed by atoms with Crippen LogP contribution in [-0.2, 0) is 6.42 Å². The Bertz CT molecular complexity index is 369. The first-order valence-electron chi connectivity index (χ1n) is 6.35. The van der Waals surface area contributed by atoms with E-state index in [0.29, 0.717) is 11.4 Å². The van der Waals surface area contributed by atoms with E-state index in [4.69, 9.17) is 11.6 Å². The normalized spacial score (nSPS) is 13.0. The number of nitrogens with one attached hydrogen (secondary N) is 1. The maximum Gasteiger partial charge on any atom is 0.127 e. The van der Waals surface area contributed by atoms with E-state index in [0.717, 1.165) is 25.1 Å². The van der Waals surface area contributed by atoms with E-state index in [1.807, 2.05) is 14.1 Å². The van der Waals surface area contributed by atoms with Gasteiger partial charge in [0.25, 0.3) is 0 Å². The van der Waals surface area contributed by atoms with Crippen molar-refractivity contribution >= 4 is 11.6 Å². The van der Waals surface area contributed by atoms with Crippen molar-refractivity contribution in [1.29, 1.82) is 0 Å². The lowest BCUT2D eigenvalue weighted by Crippen LogP contribution is -2.40. The molecule has 0 aliphatic rings. The van der Waals surface area contributed by atoms with E-state index < -0.39 is 0 Å². The molecule has 0 aliphatic heterocycles. The zero-order valence-electron chi connectivity index (χ0n) is 11.3. The number of hydrogen-bond acceptors (Lipinski definition) is 2. The number of likely N-dealkylation sites (N-methyl/N-ethyl adjacent to an activating group) is 1. The van der Waals surface area contributed by atoms with Crippen molar-refractivity contribution in [3.8, 4) is 0 Å². The maximum atomic E-state index is 13.7. The highest BCUT2D eigenvalue weighted by molar-refractivity contribution is 6.30. The van der Waals surface area contributed by atoms with Gasteiger partial charge in [-0.05, 0) is 51.2 Å². The number of nitrogens with zero attached hydrogens (tertiary/aromatic N) is 1. The molecule has 0 bridgehead atoms. The Labute approximate surface area is 114 Å². The van der Waals surface area contributed by atoms with Crippen LogP contribution in [0.25, 0.3) is 0 Å². The van der Waals surface area contributed by atoms with Crippen LogP contribution in [0, 0.1) is 5.82 Å². The molecule has 0 fully saturated rings. The molecule has 1 N–H and O–H groups in total. The van der Waals surface area contributed by atoms with Crippen molar-refractivity contribution < 1.29 is 4.39 Å². The maximum absolute atomic E-state index is 13.7. The van der Waals surface area contributed by atoms with E-state index >= 15 is 0 Å². The molecule has 1 atom stereocenters. The van der Waals surface area contributed by atoms with E-state index in [1.54, 1.807) is 12.1 Å². The van der Waals surface area contributed by atoms with Crippen molar-refractivity contribution in [2.75, 3.05) is 27.2 Å². The third-order valence-electron chi connectivity index (χ3n) is 2.75. The lowest BCUT2D eigenvalue weighted by atomic mass is 10.0. The van der Waals surface area contributed by atoms with E-state index in [-0.39, 0.29) is 11.9 Å². The predicted molar refractivity (Wildman–Crippen MR) is 75.7 cm³/mol. The molecule has 2 nitrogen and oxygen atoms in total. The Morgan fingerprint density at radius 3 is 2.67 bits per heavy atom. The average Bonchev–Trinajstić information content (AvgIpc) is 2.29. The van der Waals surface area contributed by atoms with Crippen LogP contribution in [0.5, 0.6) is 0 Å². The molecule has 1 unspecified atom stereocenters. The van der Waals surface area contributed by atoms with Gasteiger partial charge >= 0.3 is 0 Å². The van der Waals surface area contributed by atoms with Crippen molar-refractivity contribution in [3.05, 3.63) is 34.6 Å². The van der Waals surface area contributed by atoms with Crippen LogP contribution in [0.3, 0.4) is 0 Å². The van der Waals surface area contributed by atoms with Crippen LogP contribution < -0.4 is 5.32 Å². The van der Waals surface area contributed by atoms with Gasteiger partial charge in [-0.15, -0.1) is 0 Å². The second-order valence-electron chi connectivity index (χ2n) is 4.85. The first kappa shape index (κ1) is 15.4. The molecule has 0 aromatic heterocycles. The van der Waals surface area contributed by atoms with E-state index in [9.17, 15) is 4.39 Å². The molecular formula is C14H22ClFN2. The number of benzene rings is 1. The fraction of sp³-hybridized carbons (Fsp3) is 0.571. The van der Waals surface area contributed by atoms with Crippen molar-refractivity contribution in [3.63, 3.8) is 0 Å². The molecule has 0 heterocycles. The summed E-state index contributed by atoms with van der Waals surface area (Å²) in [6.45, 7) is 3.97. The topological polar surface area (TPSA) is 15.3 Å². The third kappa shape index (κ3) is 5.34. The molecule has 0 spiro atoms. The summed E-state index contributed by atoms with van der Waals surface area (Å²) in [7, 11) is 4.05. The molecule has 4 heteroatoms. The fourth-order valence-corrected chi connectivity index (χ4v) is 2.10. The summed E-state index contributed by atoms with van der Waals surface area (Å²) in [6.07, 6.45) is 1.76. The molecular weight excluding hydrogens is 251 g/mol.